The average molecular weight is 613 g/mol. The number of hydrogen-bond acceptors (Lipinski definition) is 7. The maximum atomic E-state index is 6.73. The van der Waals surface area contributed by atoms with Gasteiger partial charge in [0.05, 0.1) is 39.6 Å². The van der Waals surface area contributed by atoms with Crippen molar-refractivity contribution < 1.29 is 33.2 Å². The van der Waals surface area contributed by atoms with E-state index in [1.165, 1.54) is 0 Å². The van der Waals surface area contributed by atoms with Crippen molar-refractivity contribution in [1.29, 1.82) is 0 Å². The number of hydrogen-bond donors (Lipinski definition) is 0. The smallest absolute Gasteiger partial charge is 0.186 e. The van der Waals surface area contributed by atoms with Gasteiger partial charge >= 0.3 is 0 Å². The fraction of sp³-hybridized carbons (Fsp3) is 0.368. The molecule has 1 aliphatic rings. The lowest BCUT2D eigenvalue weighted by Crippen LogP contribution is -2.61. The quantitative estimate of drug-likeness (QED) is 0.115. The minimum absolute atomic E-state index is 0.295. The summed E-state index contributed by atoms with van der Waals surface area (Å²) in [4.78, 5) is 0. The summed E-state index contributed by atoms with van der Waals surface area (Å²) < 4.78 is 44.5. The van der Waals surface area contributed by atoms with Crippen LogP contribution >= 0.6 is 0 Å². The SMILES string of the molecule is COCCCOC1OC(COCc2ccccc2)C(OCc2ccccc2)C(OCc2ccccc2)C1OCc1ccccc1. The van der Waals surface area contributed by atoms with E-state index in [0.29, 0.717) is 46.2 Å². The first-order chi connectivity index (χ1) is 22.3. The van der Waals surface area contributed by atoms with Crippen molar-refractivity contribution >= 4 is 0 Å². The van der Waals surface area contributed by atoms with Crippen molar-refractivity contribution in [3.05, 3.63) is 144 Å². The highest BCUT2D eigenvalue weighted by Crippen LogP contribution is 2.31. The third kappa shape index (κ3) is 10.6. The average Bonchev–Trinajstić information content (AvgIpc) is 3.10. The monoisotopic (exact) mass is 612 g/mol. The van der Waals surface area contributed by atoms with Gasteiger partial charge in [-0.05, 0) is 28.7 Å². The topological polar surface area (TPSA) is 64.6 Å². The maximum absolute atomic E-state index is 6.73. The lowest BCUT2D eigenvalue weighted by atomic mass is 9.97. The Labute approximate surface area is 267 Å². The molecule has 0 amide bonds. The highest BCUT2D eigenvalue weighted by molar-refractivity contribution is 5.16. The zero-order chi connectivity index (χ0) is 30.9. The first-order valence-corrected chi connectivity index (χ1v) is 15.6. The molecule has 7 heteroatoms. The Morgan fingerprint density at radius 3 is 1.42 bits per heavy atom. The van der Waals surface area contributed by atoms with E-state index in [0.717, 1.165) is 28.7 Å². The molecule has 5 atom stereocenters. The van der Waals surface area contributed by atoms with Gasteiger partial charge in [-0.15, -0.1) is 0 Å². The summed E-state index contributed by atoms with van der Waals surface area (Å²) in [5.74, 6) is 0. The molecule has 0 aromatic heterocycles. The van der Waals surface area contributed by atoms with Crippen LogP contribution in [0.25, 0.3) is 0 Å². The van der Waals surface area contributed by atoms with Gasteiger partial charge in [0.2, 0.25) is 0 Å². The van der Waals surface area contributed by atoms with Crippen molar-refractivity contribution in [3.63, 3.8) is 0 Å². The molecule has 0 radical (unpaired) electrons. The Hall–Kier alpha value is -3.40. The fourth-order valence-corrected chi connectivity index (χ4v) is 5.28. The molecule has 45 heavy (non-hydrogen) atoms. The molecule has 0 spiro atoms. The highest BCUT2D eigenvalue weighted by atomic mass is 16.7. The van der Waals surface area contributed by atoms with Crippen molar-refractivity contribution in [1.82, 2.24) is 0 Å². The molecular formula is C38H44O7. The van der Waals surface area contributed by atoms with E-state index in [1.54, 1.807) is 7.11 Å². The van der Waals surface area contributed by atoms with Crippen LogP contribution < -0.4 is 0 Å². The van der Waals surface area contributed by atoms with E-state index in [-0.39, 0.29) is 0 Å². The minimum Gasteiger partial charge on any atom is -0.385 e. The van der Waals surface area contributed by atoms with Crippen LogP contribution in [0.3, 0.4) is 0 Å². The normalized spacial score (nSPS) is 21.5. The molecular weight excluding hydrogens is 568 g/mol. The van der Waals surface area contributed by atoms with Crippen molar-refractivity contribution in [2.75, 3.05) is 26.9 Å². The van der Waals surface area contributed by atoms with E-state index < -0.39 is 30.7 Å². The first kappa shape index (κ1) is 33.0. The zero-order valence-corrected chi connectivity index (χ0v) is 25.9. The van der Waals surface area contributed by atoms with Gasteiger partial charge in [0.15, 0.2) is 6.29 Å². The van der Waals surface area contributed by atoms with Gasteiger partial charge in [-0.25, -0.2) is 0 Å². The third-order valence-electron chi connectivity index (χ3n) is 7.62. The van der Waals surface area contributed by atoms with Crippen LogP contribution in [0.2, 0.25) is 0 Å². The summed E-state index contributed by atoms with van der Waals surface area (Å²) in [6, 6.07) is 40.4. The maximum Gasteiger partial charge on any atom is 0.186 e. The first-order valence-electron chi connectivity index (χ1n) is 15.6. The van der Waals surface area contributed by atoms with Crippen LogP contribution in [0.1, 0.15) is 28.7 Å². The summed E-state index contributed by atoms with van der Waals surface area (Å²) in [7, 11) is 1.69. The van der Waals surface area contributed by atoms with Gasteiger partial charge in [0.25, 0.3) is 0 Å². The van der Waals surface area contributed by atoms with E-state index in [2.05, 4.69) is 24.3 Å². The molecule has 0 aliphatic carbocycles. The van der Waals surface area contributed by atoms with Crippen LogP contribution in [-0.4, -0.2) is 57.6 Å². The van der Waals surface area contributed by atoms with Crippen molar-refractivity contribution in [2.24, 2.45) is 0 Å². The van der Waals surface area contributed by atoms with Crippen LogP contribution in [-0.2, 0) is 59.6 Å². The van der Waals surface area contributed by atoms with E-state index in [4.69, 9.17) is 33.2 Å². The largest absolute Gasteiger partial charge is 0.385 e. The second-order valence-electron chi connectivity index (χ2n) is 11.0. The standard InChI is InChI=1S/C38H44O7/c1-39-23-14-24-41-38-37(44-28-33-21-12-5-13-22-33)36(43-27-32-19-10-4-11-20-32)35(42-26-31-17-8-3-9-18-31)34(45-38)29-40-25-30-15-6-2-7-16-30/h2-13,15-22,34-38H,14,23-29H2,1H3. The minimum atomic E-state index is -0.701. The molecule has 4 aromatic carbocycles. The molecule has 4 aromatic rings. The Kier molecular flexibility index (Phi) is 13.6. The number of benzene rings is 4. The number of rotatable bonds is 18. The molecule has 7 nitrogen and oxygen atoms in total. The van der Waals surface area contributed by atoms with E-state index in [9.17, 15) is 0 Å². The molecule has 1 saturated heterocycles. The van der Waals surface area contributed by atoms with Gasteiger partial charge in [-0.2, -0.15) is 0 Å². The molecule has 1 fully saturated rings. The lowest BCUT2D eigenvalue weighted by molar-refractivity contribution is -0.328. The van der Waals surface area contributed by atoms with Gasteiger partial charge in [0, 0.05) is 13.7 Å². The Bertz CT molecular complexity index is 1320. The van der Waals surface area contributed by atoms with Crippen LogP contribution in [0.5, 0.6) is 0 Å². The predicted octanol–water partition coefficient (Wildman–Crippen LogP) is 6.74. The summed E-state index contributed by atoms with van der Waals surface area (Å²) in [5.41, 5.74) is 4.25. The summed E-state index contributed by atoms with van der Waals surface area (Å²) in [5, 5.41) is 0. The van der Waals surface area contributed by atoms with Crippen LogP contribution in [0, 0.1) is 0 Å². The van der Waals surface area contributed by atoms with Crippen molar-refractivity contribution in [2.45, 2.75) is 63.6 Å². The second kappa shape index (κ2) is 18.5. The summed E-state index contributed by atoms with van der Waals surface area (Å²) in [6.07, 6.45) is -2.02. The van der Waals surface area contributed by atoms with Gasteiger partial charge < -0.3 is 33.2 Å². The van der Waals surface area contributed by atoms with E-state index >= 15 is 0 Å². The summed E-state index contributed by atoms with van der Waals surface area (Å²) in [6.45, 7) is 2.93. The molecule has 5 unspecified atom stereocenters. The molecule has 238 valence electrons. The lowest BCUT2D eigenvalue weighted by Gasteiger charge is -2.46. The van der Waals surface area contributed by atoms with Crippen LogP contribution in [0.4, 0.5) is 0 Å². The third-order valence-corrected chi connectivity index (χ3v) is 7.62. The molecule has 1 aliphatic heterocycles. The number of methoxy groups -OCH3 is 1. The predicted molar refractivity (Wildman–Crippen MR) is 172 cm³/mol. The molecule has 1 heterocycles. The second-order valence-corrected chi connectivity index (χ2v) is 11.0. The Balaban J connectivity index is 1.41. The van der Waals surface area contributed by atoms with Crippen molar-refractivity contribution in [3.8, 4) is 0 Å². The molecule has 5 rings (SSSR count). The van der Waals surface area contributed by atoms with E-state index in [1.807, 2.05) is 97.1 Å². The van der Waals surface area contributed by atoms with Gasteiger partial charge in [-0.1, -0.05) is 121 Å². The zero-order valence-electron chi connectivity index (χ0n) is 25.9. The Morgan fingerprint density at radius 2 is 0.933 bits per heavy atom. The molecule has 0 bridgehead atoms. The summed E-state index contributed by atoms with van der Waals surface area (Å²) >= 11 is 0. The van der Waals surface area contributed by atoms with Crippen LogP contribution in [0.15, 0.2) is 121 Å². The molecule has 0 saturated carbocycles. The fourth-order valence-electron chi connectivity index (χ4n) is 5.28. The van der Waals surface area contributed by atoms with Gasteiger partial charge in [-0.3, -0.25) is 0 Å². The molecule has 0 N–H and O–H groups in total. The van der Waals surface area contributed by atoms with Gasteiger partial charge in [0.1, 0.15) is 24.4 Å². The number of ether oxygens (including phenoxy) is 7. The highest BCUT2D eigenvalue weighted by Gasteiger charge is 2.49. The Morgan fingerprint density at radius 1 is 0.489 bits per heavy atom.